The van der Waals surface area contributed by atoms with Gasteiger partial charge in [0.05, 0.1) is 12.2 Å². The smallest absolute Gasteiger partial charge is 0.336 e. The third-order valence-electron chi connectivity index (χ3n) is 5.21. The summed E-state index contributed by atoms with van der Waals surface area (Å²) < 4.78 is 45.4. The van der Waals surface area contributed by atoms with Crippen LogP contribution in [0.15, 0.2) is 39.5 Å². The van der Waals surface area contributed by atoms with Gasteiger partial charge in [0, 0.05) is 18.0 Å². The number of benzene rings is 2. The minimum Gasteiger partial charge on any atom is -0.423 e. The molecule has 8 heteroatoms. The first-order valence-corrected chi connectivity index (χ1v) is 9.52. The highest BCUT2D eigenvalue weighted by molar-refractivity contribution is 5.92. The van der Waals surface area contributed by atoms with Gasteiger partial charge in [-0.25, -0.2) is 18.0 Å². The van der Waals surface area contributed by atoms with E-state index in [1.807, 2.05) is 12.1 Å². The Labute approximate surface area is 170 Å². The van der Waals surface area contributed by atoms with E-state index >= 15 is 0 Å². The van der Waals surface area contributed by atoms with Gasteiger partial charge in [0.1, 0.15) is 5.58 Å². The van der Waals surface area contributed by atoms with Gasteiger partial charge in [0.25, 0.3) is 0 Å². The van der Waals surface area contributed by atoms with Crippen molar-refractivity contribution in [3.05, 3.63) is 74.9 Å². The van der Waals surface area contributed by atoms with E-state index in [1.54, 1.807) is 11.9 Å². The van der Waals surface area contributed by atoms with Crippen LogP contribution in [0.4, 0.5) is 18.9 Å². The first kappa shape index (κ1) is 20.2. The number of fused-ring (bicyclic) bond motifs is 2. The van der Waals surface area contributed by atoms with E-state index in [4.69, 9.17) is 4.42 Å². The van der Waals surface area contributed by atoms with E-state index in [0.717, 1.165) is 36.8 Å². The molecule has 1 aliphatic rings. The molecule has 1 heterocycles. The molecule has 0 saturated heterocycles. The summed E-state index contributed by atoms with van der Waals surface area (Å²) in [6, 6.07) is 7.03. The van der Waals surface area contributed by atoms with Crippen LogP contribution in [-0.4, -0.2) is 24.4 Å². The number of amides is 1. The number of halogens is 3. The minimum atomic E-state index is -1.64. The van der Waals surface area contributed by atoms with Gasteiger partial charge in [0.15, 0.2) is 17.5 Å². The van der Waals surface area contributed by atoms with Crippen molar-refractivity contribution < 1.29 is 22.4 Å². The van der Waals surface area contributed by atoms with Crippen LogP contribution in [0, 0.1) is 17.5 Å². The number of rotatable bonds is 5. The summed E-state index contributed by atoms with van der Waals surface area (Å²) in [5, 5.41) is 3.05. The van der Waals surface area contributed by atoms with Gasteiger partial charge >= 0.3 is 5.63 Å². The van der Waals surface area contributed by atoms with E-state index in [9.17, 15) is 22.8 Å². The molecule has 30 heavy (non-hydrogen) atoms. The van der Waals surface area contributed by atoms with E-state index in [2.05, 4.69) is 5.32 Å². The lowest BCUT2D eigenvalue weighted by Crippen LogP contribution is -2.30. The third kappa shape index (κ3) is 3.95. The molecule has 0 bridgehead atoms. The van der Waals surface area contributed by atoms with E-state index in [1.165, 1.54) is 17.2 Å². The summed E-state index contributed by atoms with van der Waals surface area (Å²) >= 11 is 0. The summed E-state index contributed by atoms with van der Waals surface area (Å²) in [6.45, 7) is 0.125. The lowest BCUT2D eigenvalue weighted by Gasteiger charge is -2.18. The largest absolute Gasteiger partial charge is 0.423 e. The van der Waals surface area contributed by atoms with Gasteiger partial charge in [0.2, 0.25) is 5.91 Å². The molecule has 1 aliphatic carbocycles. The molecule has 1 aromatic heterocycles. The third-order valence-corrected chi connectivity index (χ3v) is 5.21. The van der Waals surface area contributed by atoms with Crippen LogP contribution in [-0.2, 0) is 24.2 Å². The Morgan fingerprint density at radius 1 is 1.10 bits per heavy atom. The predicted octanol–water partition coefficient (Wildman–Crippen LogP) is 3.77. The van der Waals surface area contributed by atoms with Crippen molar-refractivity contribution in [2.24, 2.45) is 0 Å². The molecule has 4 rings (SSSR count). The minimum absolute atomic E-state index is 0.148. The maximum absolute atomic E-state index is 13.7. The predicted molar refractivity (Wildman–Crippen MR) is 106 cm³/mol. The van der Waals surface area contributed by atoms with Crippen LogP contribution in [0.3, 0.4) is 0 Å². The average molecular weight is 416 g/mol. The number of aryl methyl sites for hydroxylation is 2. The molecule has 2 aromatic carbocycles. The quantitative estimate of drug-likeness (QED) is 0.508. The second-order valence-electron chi connectivity index (χ2n) is 7.50. The van der Waals surface area contributed by atoms with Crippen molar-refractivity contribution >= 4 is 22.6 Å². The fourth-order valence-electron chi connectivity index (χ4n) is 3.83. The molecule has 1 N–H and O–H groups in total. The van der Waals surface area contributed by atoms with Crippen molar-refractivity contribution in [1.29, 1.82) is 0 Å². The van der Waals surface area contributed by atoms with Crippen LogP contribution >= 0.6 is 0 Å². The molecule has 0 spiro atoms. The number of hydrogen-bond acceptors (Lipinski definition) is 4. The number of likely N-dealkylation sites (N-methyl/N-ethyl adjacent to an activating group) is 1. The Morgan fingerprint density at radius 3 is 2.60 bits per heavy atom. The maximum atomic E-state index is 13.7. The van der Waals surface area contributed by atoms with Crippen LogP contribution in [0.2, 0.25) is 0 Å². The Hall–Kier alpha value is -3.13. The topological polar surface area (TPSA) is 62.6 Å². The van der Waals surface area contributed by atoms with E-state index in [0.29, 0.717) is 11.1 Å². The maximum Gasteiger partial charge on any atom is 0.336 e. The van der Waals surface area contributed by atoms with Crippen molar-refractivity contribution in [3.8, 4) is 0 Å². The molecular formula is C22H19F3N2O3. The van der Waals surface area contributed by atoms with Crippen LogP contribution in [0.25, 0.3) is 11.0 Å². The second-order valence-corrected chi connectivity index (χ2v) is 7.50. The highest BCUT2D eigenvalue weighted by Crippen LogP contribution is 2.29. The number of hydrogen-bond donors (Lipinski definition) is 1. The summed E-state index contributed by atoms with van der Waals surface area (Å²) in [5.74, 6) is -5.03. The first-order chi connectivity index (χ1) is 14.3. The SMILES string of the molecule is CN(CC(=O)Nc1ccc(F)c(F)c1F)Cc1cc(=O)oc2cc3c(cc12)CCC3. The number of nitrogens with one attached hydrogen (secondary N) is 1. The lowest BCUT2D eigenvalue weighted by atomic mass is 10.0. The highest BCUT2D eigenvalue weighted by Gasteiger charge is 2.18. The van der Waals surface area contributed by atoms with Crippen LogP contribution in [0.1, 0.15) is 23.1 Å². The highest BCUT2D eigenvalue weighted by atomic mass is 19.2. The van der Waals surface area contributed by atoms with Gasteiger partial charge in [-0.1, -0.05) is 0 Å². The lowest BCUT2D eigenvalue weighted by molar-refractivity contribution is -0.117. The van der Waals surface area contributed by atoms with E-state index in [-0.39, 0.29) is 13.1 Å². The molecule has 0 atom stereocenters. The Bertz CT molecular complexity index is 1210. The van der Waals surface area contributed by atoms with Gasteiger partial charge < -0.3 is 9.73 Å². The summed E-state index contributed by atoms with van der Waals surface area (Å²) in [7, 11) is 1.66. The molecule has 0 unspecified atom stereocenters. The van der Waals surface area contributed by atoms with Gasteiger partial charge in [-0.2, -0.15) is 0 Å². The molecular weight excluding hydrogens is 397 g/mol. The standard InChI is InChI=1S/C22H19F3N2O3/c1-27(11-19(28)26-17-6-5-16(23)21(24)22(17)25)10-14-9-20(29)30-18-8-13-4-2-3-12(13)7-15(14)18/h5-9H,2-4,10-11H2,1H3,(H,26,28). The molecule has 1 amide bonds. The number of carbonyl (C=O) groups excluding carboxylic acids is 1. The van der Waals surface area contributed by atoms with Crippen molar-refractivity contribution in [1.82, 2.24) is 4.90 Å². The number of nitrogens with zero attached hydrogens (tertiary/aromatic N) is 1. The first-order valence-electron chi connectivity index (χ1n) is 9.52. The summed E-state index contributed by atoms with van der Waals surface area (Å²) in [5.41, 5.74) is 2.73. The molecule has 0 radical (unpaired) electrons. The summed E-state index contributed by atoms with van der Waals surface area (Å²) in [4.78, 5) is 25.8. The Kier molecular flexibility index (Phi) is 5.34. The molecule has 156 valence electrons. The second kappa shape index (κ2) is 7.95. The zero-order valence-electron chi connectivity index (χ0n) is 16.2. The molecule has 0 aliphatic heterocycles. The van der Waals surface area contributed by atoms with Gasteiger partial charge in [-0.15, -0.1) is 0 Å². The fraction of sp³-hybridized carbons (Fsp3) is 0.273. The van der Waals surface area contributed by atoms with Crippen LogP contribution in [0.5, 0.6) is 0 Å². The normalized spacial score (nSPS) is 13.1. The fourth-order valence-corrected chi connectivity index (χ4v) is 3.83. The molecule has 0 fully saturated rings. The Morgan fingerprint density at radius 2 is 1.83 bits per heavy atom. The number of carbonyl (C=O) groups is 1. The van der Waals surface area contributed by atoms with Gasteiger partial charge in [-0.05, 0) is 67.3 Å². The van der Waals surface area contributed by atoms with Crippen molar-refractivity contribution in [2.45, 2.75) is 25.8 Å². The molecule has 0 saturated carbocycles. The summed E-state index contributed by atoms with van der Waals surface area (Å²) in [6.07, 6.45) is 2.99. The zero-order valence-corrected chi connectivity index (χ0v) is 16.2. The van der Waals surface area contributed by atoms with Crippen molar-refractivity contribution in [2.75, 3.05) is 18.9 Å². The van der Waals surface area contributed by atoms with Crippen molar-refractivity contribution in [3.63, 3.8) is 0 Å². The number of anilines is 1. The zero-order chi connectivity index (χ0) is 21.4. The molecule has 3 aromatic rings. The van der Waals surface area contributed by atoms with E-state index < -0.39 is 34.7 Å². The Balaban J connectivity index is 1.51. The molecule has 5 nitrogen and oxygen atoms in total. The average Bonchev–Trinajstić information content (AvgIpc) is 3.14. The monoisotopic (exact) mass is 416 g/mol. The van der Waals surface area contributed by atoms with Crippen LogP contribution < -0.4 is 10.9 Å². The van der Waals surface area contributed by atoms with Gasteiger partial charge in [-0.3, -0.25) is 9.69 Å².